The van der Waals surface area contributed by atoms with E-state index in [2.05, 4.69) is 22.4 Å². The number of amides is 1. The molecule has 0 unspecified atom stereocenters. The number of benzene rings is 2. The van der Waals surface area contributed by atoms with Gasteiger partial charge in [0, 0.05) is 31.3 Å². The van der Waals surface area contributed by atoms with E-state index in [4.69, 9.17) is 10.4 Å². The van der Waals surface area contributed by atoms with Gasteiger partial charge in [0.05, 0.1) is 11.6 Å². The van der Waals surface area contributed by atoms with Gasteiger partial charge in [0.1, 0.15) is 11.9 Å². The summed E-state index contributed by atoms with van der Waals surface area (Å²) in [6.07, 6.45) is 2.86. The molecule has 2 N–H and O–H groups in total. The first-order valence-corrected chi connectivity index (χ1v) is 11.2. The number of nitrogens with one attached hydrogen (secondary N) is 1. The fraction of sp³-hybridized carbons (Fsp3) is 0.259. The SMILES string of the molecule is CC(=O)N1c2ccc(-c3ccc(CCC(=O)O)cc3)cc2[C@H](Nc2ccc(C#N)cn2)C[C@@H]1C. The predicted molar refractivity (Wildman–Crippen MR) is 130 cm³/mol. The summed E-state index contributed by atoms with van der Waals surface area (Å²) in [5, 5.41) is 21.4. The lowest BCUT2D eigenvalue weighted by Crippen LogP contribution is -2.43. The normalized spacial score (nSPS) is 16.9. The number of pyridine rings is 1. The van der Waals surface area contributed by atoms with Gasteiger partial charge < -0.3 is 15.3 Å². The lowest BCUT2D eigenvalue weighted by Gasteiger charge is -2.39. The molecule has 7 heteroatoms. The molecule has 0 radical (unpaired) electrons. The Morgan fingerprint density at radius 3 is 2.50 bits per heavy atom. The second-order valence-corrected chi connectivity index (χ2v) is 8.58. The topological polar surface area (TPSA) is 106 Å². The number of carbonyl (C=O) groups is 2. The second-order valence-electron chi connectivity index (χ2n) is 8.58. The number of anilines is 2. The van der Waals surface area contributed by atoms with Crippen LogP contribution in [0.3, 0.4) is 0 Å². The fourth-order valence-electron chi connectivity index (χ4n) is 4.50. The molecular weight excluding hydrogens is 428 g/mol. The molecule has 1 aromatic heterocycles. The van der Waals surface area contributed by atoms with Crippen LogP contribution in [0.25, 0.3) is 11.1 Å². The summed E-state index contributed by atoms with van der Waals surface area (Å²) in [5.41, 5.74) is 5.39. The molecular formula is C27H26N4O3. The van der Waals surface area contributed by atoms with Crippen molar-refractivity contribution in [3.05, 3.63) is 77.5 Å². The maximum atomic E-state index is 12.4. The molecule has 1 aliphatic heterocycles. The smallest absolute Gasteiger partial charge is 0.303 e. The molecule has 4 rings (SSSR count). The highest BCUT2D eigenvalue weighted by atomic mass is 16.4. The summed E-state index contributed by atoms with van der Waals surface area (Å²) in [5.74, 6) is -0.135. The number of carboxylic acids is 1. The Morgan fingerprint density at radius 1 is 1.15 bits per heavy atom. The quantitative estimate of drug-likeness (QED) is 0.547. The van der Waals surface area contributed by atoms with Crippen LogP contribution in [0.1, 0.15) is 49.4 Å². The maximum Gasteiger partial charge on any atom is 0.303 e. The zero-order valence-electron chi connectivity index (χ0n) is 19.2. The van der Waals surface area contributed by atoms with Crippen molar-refractivity contribution in [2.45, 2.75) is 45.2 Å². The van der Waals surface area contributed by atoms with Gasteiger partial charge in [0.25, 0.3) is 0 Å². The van der Waals surface area contributed by atoms with Gasteiger partial charge in [-0.3, -0.25) is 9.59 Å². The fourth-order valence-corrected chi connectivity index (χ4v) is 4.50. The minimum absolute atomic E-state index is 0.000712. The molecule has 7 nitrogen and oxygen atoms in total. The molecule has 0 aliphatic carbocycles. The Morgan fingerprint density at radius 2 is 1.88 bits per heavy atom. The highest BCUT2D eigenvalue weighted by Crippen LogP contribution is 2.41. The average Bonchev–Trinajstić information content (AvgIpc) is 2.83. The lowest BCUT2D eigenvalue weighted by atomic mass is 9.89. The van der Waals surface area contributed by atoms with Crippen LogP contribution in [0, 0.1) is 11.3 Å². The minimum Gasteiger partial charge on any atom is -0.481 e. The molecule has 34 heavy (non-hydrogen) atoms. The Labute approximate surface area is 198 Å². The summed E-state index contributed by atoms with van der Waals surface area (Å²) in [6.45, 7) is 3.62. The zero-order valence-corrected chi connectivity index (χ0v) is 19.2. The van der Waals surface area contributed by atoms with Gasteiger partial charge in [-0.15, -0.1) is 0 Å². The predicted octanol–water partition coefficient (Wildman–Crippen LogP) is 4.94. The minimum atomic E-state index is -0.807. The summed E-state index contributed by atoms with van der Waals surface area (Å²) in [7, 11) is 0. The molecule has 0 bridgehead atoms. The molecule has 0 fully saturated rings. The zero-order chi connectivity index (χ0) is 24.2. The van der Waals surface area contributed by atoms with Gasteiger partial charge in [0.15, 0.2) is 0 Å². The highest BCUT2D eigenvalue weighted by molar-refractivity contribution is 5.94. The third-order valence-electron chi connectivity index (χ3n) is 6.15. The van der Waals surface area contributed by atoms with E-state index in [9.17, 15) is 9.59 Å². The molecule has 2 atom stereocenters. The number of aliphatic carboxylic acids is 1. The van der Waals surface area contributed by atoms with Crippen molar-refractivity contribution in [3.63, 3.8) is 0 Å². The van der Waals surface area contributed by atoms with E-state index in [-0.39, 0.29) is 24.4 Å². The Balaban J connectivity index is 1.67. The van der Waals surface area contributed by atoms with E-state index in [1.54, 1.807) is 25.3 Å². The number of rotatable bonds is 6. The van der Waals surface area contributed by atoms with Crippen LogP contribution in [0.5, 0.6) is 0 Å². The number of fused-ring (bicyclic) bond motifs is 1. The Hall–Kier alpha value is -4.18. The largest absolute Gasteiger partial charge is 0.481 e. The van der Waals surface area contributed by atoms with Crippen LogP contribution in [0.15, 0.2) is 60.8 Å². The number of carbonyl (C=O) groups excluding carboxylic acids is 1. The van der Waals surface area contributed by atoms with E-state index in [0.29, 0.717) is 24.2 Å². The number of nitrogens with zero attached hydrogens (tertiary/aromatic N) is 3. The summed E-state index contributed by atoms with van der Waals surface area (Å²) in [4.78, 5) is 29.5. The van der Waals surface area contributed by atoms with E-state index in [1.807, 2.05) is 48.2 Å². The van der Waals surface area contributed by atoms with Gasteiger partial charge in [0.2, 0.25) is 5.91 Å². The van der Waals surface area contributed by atoms with Crippen molar-refractivity contribution in [2.24, 2.45) is 0 Å². The van der Waals surface area contributed by atoms with E-state index < -0.39 is 5.97 Å². The number of hydrogen-bond donors (Lipinski definition) is 2. The summed E-state index contributed by atoms with van der Waals surface area (Å²) >= 11 is 0. The Kier molecular flexibility index (Phi) is 6.60. The van der Waals surface area contributed by atoms with Crippen LogP contribution in [0.2, 0.25) is 0 Å². The Bertz CT molecular complexity index is 1250. The molecule has 0 spiro atoms. The first-order valence-electron chi connectivity index (χ1n) is 11.2. The lowest BCUT2D eigenvalue weighted by molar-refractivity contribution is -0.137. The highest BCUT2D eigenvalue weighted by Gasteiger charge is 2.32. The molecule has 172 valence electrons. The van der Waals surface area contributed by atoms with Crippen LogP contribution < -0.4 is 10.2 Å². The van der Waals surface area contributed by atoms with Crippen molar-refractivity contribution in [2.75, 3.05) is 10.2 Å². The molecule has 0 saturated carbocycles. The van der Waals surface area contributed by atoms with Gasteiger partial charge >= 0.3 is 5.97 Å². The van der Waals surface area contributed by atoms with Crippen molar-refractivity contribution in [1.29, 1.82) is 5.26 Å². The molecule has 1 amide bonds. The number of aromatic nitrogens is 1. The van der Waals surface area contributed by atoms with Crippen molar-refractivity contribution < 1.29 is 14.7 Å². The van der Waals surface area contributed by atoms with Gasteiger partial charge in [-0.25, -0.2) is 4.98 Å². The molecule has 3 aromatic rings. The van der Waals surface area contributed by atoms with Crippen LogP contribution in [-0.4, -0.2) is 28.0 Å². The van der Waals surface area contributed by atoms with Crippen LogP contribution in [0.4, 0.5) is 11.5 Å². The number of carboxylic acid groups (broad SMARTS) is 1. The van der Waals surface area contributed by atoms with Crippen LogP contribution in [-0.2, 0) is 16.0 Å². The summed E-state index contributed by atoms with van der Waals surface area (Å²) in [6, 6.07) is 19.6. The molecule has 2 aromatic carbocycles. The third-order valence-corrected chi connectivity index (χ3v) is 6.15. The maximum absolute atomic E-state index is 12.4. The second kappa shape index (κ2) is 9.75. The summed E-state index contributed by atoms with van der Waals surface area (Å²) < 4.78 is 0. The molecule has 2 heterocycles. The van der Waals surface area contributed by atoms with E-state index >= 15 is 0 Å². The first kappa shape index (κ1) is 23.0. The molecule has 1 aliphatic rings. The van der Waals surface area contributed by atoms with Gasteiger partial charge in [-0.1, -0.05) is 30.3 Å². The van der Waals surface area contributed by atoms with Gasteiger partial charge in [-0.05, 0) is 66.3 Å². The number of aryl methyl sites for hydroxylation is 1. The van der Waals surface area contributed by atoms with Crippen LogP contribution >= 0.6 is 0 Å². The standard InChI is InChI=1S/C27H26N4O3/c1-17-13-24(30-26-11-5-20(15-28)16-29-26)23-14-22(9-10-25(23)31(17)18(2)32)21-7-3-19(4-8-21)6-12-27(33)34/h3-5,7-11,14,16-17,24H,6,12-13H2,1-2H3,(H,29,30)(H,33,34)/t17-,24+/m0/s1. The third kappa shape index (κ3) is 4.91. The number of nitriles is 1. The monoisotopic (exact) mass is 454 g/mol. The van der Waals surface area contributed by atoms with E-state index in [1.165, 1.54) is 0 Å². The van der Waals surface area contributed by atoms with Crippen molar-refractivity contribution in [3.8, 4) is 17.2 Å². The van der Waals surface area contributed by atoms with Crippen molar-refractivity contribution in [1.82, 2.24) is 4.98 Å². The first-order chi connectivity index (χ1) is 16.4. The number of hydrogen-bond acceptors (Lipinski definition) is 5. The molecule has 0 saturated heterocycles. The van der Waals surface area contributed by atoms with Gasteiger partial charge in [-0.2, -0.15) is 5.26 Å². The average molecular weight is 455 g/mol. The van der Waals surface area contributed by atoms with Crippen molar-refractivity contribution >= 4 is 23.4 Å². The van der Waals surface area contributed by atoms with E-state index in [0.717, 1.165) is 27.9 Å².